The molecule has 1 rings (SSSR count). The standard InChI is InChI=1S/C11H23NO3/c1-2-3-4-5-6-8-10(14)11(15)9(7-13)12-8/h8-15H,2-7H2,1H3/t8-,9-,10-,11-/m1/s1. The highest BCUT2D eigenvalue weighted by molar-refractivity contribution is 4.97. The van der Waals surface area contributed by atoms with Gasteiger partial charge in [0.05, 0.1) is 24.9 Å². The molecule has 0 aromatic carbocycles. The highest BCUT2D eigenvalue weighted by Crippen LogP contribution is 2.19. The van der Waals surface area contributed by atoms with Crippen LogP contribution in [0.15, 0.2) is 0 Å². The Hall–Kier alpha value is -0.160. The van der Waals surface area contributed by atoms with Gasteiger partial charge in [-0.25, -0.2) is 0 Å². The largest absolute Gasteiger partial charge is 0.395 e. The van der Waals surface area contributed by atoms with Crippen molar-refractivity contribution in [2.45, 2.75) is 63.3 Å². The van der Waals surface area contributed by atoms with E-state index < -0.39 is 12.2 Å². The van der Waals surface area contributed by atoms with E-state index in [9.17, 15) is 10.2 Å². The minimum atomic E-state index is -0.828. The predicted octanol–water partition coefficient (Wildman–Crippen LogP) is 0.0113. The van der Waals surface area contributed by atoms with Crippen molar-refractivity contribution in [2.24, 2.45) is 0 Å². The molecule has 90 valence electrons. The van der Waals surface area contributed by atoms with E-state index >= 15 is 0 Å². The van der Waals surface area contributed by atoms with E-state index in [2.05, 4.69) is 12.2 Å². The molecule has 1 aliphatic heterocycles. The van der Waals surface area contributed by atoms with E-state index in [1.54, 1.807) is 0 Å². The normalized spacial score (nSPS) is 36.0. The highest BCUT2D eigenvalue weighted by Gasteiger charge is 2.39. The average Bonchev–Trinajstić information content (AvgIpc) is 2.52. The van der Waals surface area contributed by atoms with Crippen LogP contribution in [0.4, 0.5) is 0 Å². The van der Waals surface area contributed by atoms with Gasteiger partial charge in [-0.1, -0.05) is 32.6 Å². The van der Waals surface area contributed by atoms with Crippen molar-refractivity contribution in [1.29, 1.82) is 0 Å². The first-order valence-corrected chi connectivity index (χ1v) is 5.93. The molecule has 4 atom stereocenters. The summed E-state index contributed by atoms with van der Waals surface area (Å²) < 4.78 is 0. The second kappa shape index (κ2) is 6.43. The van der Waals surface area contributed by atoms with Crippen molar-refractivity contribution in [2.75, 3.05) is 6.61 Å². The summed E-state index contributed by atoms with van der Waals surface area (Å²) in [5, 5.41) is 31.3. The number of aliphatic hydroxyl groups excluding tert-OH is 3. The molecule has 4 N–H and O–H groups in total. The Kier molecular flexibility index (Phi) is 5.53. The van der Waals surface area contributed by atoms with E-state index in [0.29, 0.717) is 0 Å². The second-order valence-electron chi connectivity index (χ2n) is 4.39. The maximum absolute atomic E-state index is 9.69. The van der Waals surface area contributed by atoms with Gasteiger partial charge < -0.3 is 20.6 Å². The maximum Gasteiger partial charge on any atom is 0.0989 e. The third kappa shape index (κ3) is 3.41. The fourth-order valence-corrected chi connectivity index (χ4v) is 2.15. The first-order chi connectivity index (χ1) is 7.20. The van der Waals surface area contributed by atoms with Gasteiger partial charge in [0.1, 0.15) is 0 Å². The van der Waals surface area contributed by atoms with Crippen molar-refractivity contribution in [3.8, 4) is 0 Å². The van der Waals surface area contributed by atoms with E-state index in [4.69, 9.17) is 5.11 Å². The molecule has 0 radical (unpaired) electrons. The summed E-state index contributed by atoms with van der Waals surface area (Å²) in [5.74, 6) is 0. The van der Waals surface area contributed by atoms with Gasteiger partial charge in [0.25, 0.3) is 0 Å². The Morgan fingerprint density at radius 1 is 1.00 bits per heavy atom. The van der Waals surface area contributed by atoms with Crippen molar-refractivity contribution in [3.05, 3.63) is 0 Å². The molecule has 0 unspecified atom stereocenters. The summed E-state index contributed by atoms with van der Waals surface area (Å²) in [6.07, 6.45) is 3.95. The van der Waals surface area contributed by atoms with E-state index in [0.717, 1.165) is 12.8 Å². The maximum atomic E-state index is 9.69. The van der Waals surface area contributed by atoms with Gasteiger partial charge in [-0.05, 0) is 6.42 Å². The molecule has 0 spiro atoms. The Labute approximate surface area is 91.3 Å². The van der Waals surface area contributed by atoms with Crippen LogP contribution in [0.2, 0.25) is 0 Å². The topological polar surface area (TPSA) is 72.7 Å². The number of unbranched alkanes of at least 4 members (excludes halogenated alkanes) is 3. The Bertz CT molecular complexity index is 177. The molecular weight excluding hydrogens is 194 g/mol. The average molecular weight is 217 g/mol. The monoisotopic (exact) mass is 217 g/mol. The zero-order valence-electron chi connectivity index (χ0n) is 9.39. The molecule has 0 saturated carbocycles. The number of hydrogen-bond donors (Lipinski definition) is 4. The summed E-state index contributed by atoms with van der Waals surface area (Å²) in [7, 11) is 0. The van der Waals surface area contributed by atoms with Crippen LogP contribution >= 0.6 is 0 Å². The molecule has 1 fully saturated rings. The molecule has 0 amide bonds. The number of hydrogen-bond acceptors (Lipinski definition) is 4. The van der Waals surface area contributed by atoms with Crippen molar-refractivity contribution in [1.82, 2.24) is 5.32 Å². The summed E-state index contributed by atoms with van der Waals surface area (Å²) in [6.45, 7) is 2.04. The molecule has 1 saturated heterocycles. The van der Waals surface area contributed by atoms with Gasteiger partial charge >= 0.3 is 0 Å². The quantitative estimate of drug-likeness (QED) is 0.473. The van der Waals surface area contributed by atoms with Gasteiger partial charge in [0, 0.05) is 6.04 Å². The zero-order chi connectivity index (χ0) is 11.3. The van der Waals surface area contributed by atoms with Crippen molar-refractivity contribution < 1.29 is 15.3 Å². The van der Waals surface area contributed by atoms with E-state index in [1.807, 2.05) is 0 Å². The van der Waals surface area contributed by atoms with Crippen molar-refractivity contribution >= 4 is 0 Å². The number of aliphatic hydroxyl groups is 3. The van der Waals surface area contributed by atoms with Crippen LogP contribution in [0.1, 0.15) is 39.0 Å². The molecule has 4 heteroatoms. The Morgan fingerprint density at radius 2 is 1.67 bits per heavy atom. The van der Waals surface area contributed by atoms with Gasteiger partial charge in [0.15, 0.2) is 0 Å². The Balaban J connectivity index is 2.25. The SMILES string of the molecule is CCCCCC[C@H]1N[C@H](CO)[C@@H](O)[C@@H]1O. The van der Waals surface area contributed by atoms with Crippen LogP contribution < -0.4 is 5.32 Å². The van der Waals surface area contributed by atoms with Crippen LogP contribution in [-0.4, -0.2) is 46.2 Å². The predicted molar refractivity (Wildman–Crippen MR) is 58.6 cm³/mol. The lowest BCUT2D eigenvalue weighted by molar-refractivity contribution is 0.0186. The van der Waals surface area contributed by atoms with Gasteiger partial charge in [-0.3, -0.25) is 0 Å². The number of nitrogens with one attached hydrogen (secondary N) is 1. The minimum absolute atomic E-state index is 0.0611. The van der Waals surface area contributed by atoms with Gasteiger partial charge in [0.2, 0.25) is 0 Å². The third-order valence-corrected chi connectivity index (χ3v) is 3.17. The zero-order valence-corrected chi connectivity index (χ0v) is 9.39. The molecule has 1 aliphatic rings. The first kappa shape index (κ1) is 12.9. The van der Waals surface area contributed by atoms with Crippen LogP contribution in [0, 0.1) is 0 Å². The molecule has 0 aromatic heterocycles. The summed E-state index contributed by atoms with van der Waals surface area (Å²) in [5.41, 5.74) is 0. The van der Waals surface area contributed by atoms with Crippen LogP contribution in [0.25, 0.3) is 0 Å². The molecule has 0 aromatic rings. The van der Waals surface area contributed by atoms with Crippen LogP contribution in [0.3, 0.4) is 0 Å². The smallest absolute Gasteiger partial charge is 0.0989 e. The fourth-order valence-electron chi connectivity index (χ4n) is 2.15. The molecule has 4 nitrogen and oxygen atoms in total. The van der Waals surface area contributed by atoms with E-state index in [1.165, 1.54) is 19.3 Å². The first-order valence-electron chi connectivity index (χ1n) is 5.93. The summed E-state index contributed by atoms with van der Waals surface area (Å²) >= 11 is 0. The molecular formula is C11H23NO3. The molecule has 1 heterocycles. The number of rotatable bonds is 6. The van der Waals surface area contributed by atoms with Gasteiger partial charge in [-0.15, -0.1) is 0 Å². The molecule has 15 heavy (non-hydrogen) atoms. The molecule has 0 bridgehead atoms. The fraction of sp³-hybridized carbons (Fsp3) is 1.00. The lowest BCUT2D eigenvalue weighted by atomic mass is 10.0. The van der Waals surface area contributed by atoms with Crippen LogP contribution in [0.5, 0.6) is 0 Å². The summed E-state index contributed by atoms with van der Waals surface area (Å²) in [6, 6.07) is -0.426. The highest BCUT2D eigenvalue weighted by atomic mass is 16.3. The minimum Gasteiger partial charge on any atom is -0.395 e. The Morgan fingerprint density at radius 3 is 2.20 bits per heavy atom. The van der Waals surface area contributed by atoms with Gasteiger partial charge in [-0.2, -0.15) is 0 Å². The second-order valence-corrected chi connectivity index (χ2v) is 4.39. The van der Waals surface area contributed by atoms with E-state index in [-0.39, 0.29) is 18.7 Å². The lowest BCUT2D eigenvalue weighted by Gasteiger charge is -2.15. The lowest BCUT2D eigenvalue weighted by Crippen LogP contribution is -2.36. The van der Waals surface area contributed by atoms with Crippen LogP contribution in [-0.2, 0) is 0 Å². The van der Waals surface area contributed by atoms with Crippen molar-refractivity contribution in [3.63, 3.8) is 0 Å². The third-order valence-electron chi connectivity index (χ3n) is 3.17. The summed E-state index contributed by atoms with van der Waals surface area (Å²) in [4.78, 5) is 0. The molecule has 0 aliphatic carbocycles.